The highest BCUT2D eigenvalue weighted by molar-refractivity contribution is 4.73. The van der Waals surface area contributed by atoms with E-state index in [0.717, 1.165) is 0 Å². The van der Waals surface area contributed by atoms with Gasteiger partial charge in [0, 0.05) is 0 Å². The highest BCUT2D eigenvalue weighted by atomic mass is 15.1. The molecule has 0 amide bonds. The maximum absolute atomic E-state index is 2.58. The summed E-state index contributed by atoms with van der Waals surface area (Å²) in [6.07, 6.45) is 5.62. The quantitative estimate of drug-likeness (QED) is 0.583. The first kappa shape index (κ1) is 10.0. The van der Waals surface area contributed by atoms with Gasteiger partial charge in [0.15, 0.2) is 0 Å². The Morgan fingerprint density at radius 1 is 1.08 bits per heavy atom. The van der Waals surface area contributed by atoms with Gasteiger partial charge in [-0.05, 0) is 44.3 Å². The lowest BCUT2D eigenvalue weighted by Crippen LogP contribution is -2.31. The fourth-order valence-corrected chi connectivity index (χ4v) is 1.95. The summed E-state index contributed by atoms with van der Waals surface area (Å²) in [6.45, 7) is 11.0. The molecule has 0 atom stereocenters. The molecule has 1 fully saturated rings. The van der Waals surface area contributed by atoms with Crippen LogP contribution in [0.4, 0.5) is 0 Å². The number of likely N-dealkylation sites (tertiary alicyclic amines) is 1. The fraction of sp³-hybridized carbons (Fsp3) is 1.00. The normalized spacial score (nSPS) is 26.2. The molecule has 0 aromatic carbocycles. The molecule has 0 unspecified atom stereocenters. The fourth-order valence-electron chi connectivity index (χ4n) is 1.95. The Morgan fingerprint density at radius 2 is 1.83 bits per heavy atom. The molecule has 1 heteroatoms. The van der Waals surface area contributed by atoms with Crippen LogP contribution in [-0.2, 0) is 0 Å². The van der Waals surface area contributed by atoms with Crippen molar-refractivity contribution < 1.29 is 0 Å². The third-order valence-corrected chi connectivity index (χ3v) is 3.13. The molecular weight excluding hydrogens is 146 g/mol. The molecule has 1 aliphatic rings. The van der Waals surface area contributed by atoms with Crippen LogP contribution in [0.15, 0.2) is 0 Å². The molecule has 0 N–H and O–H groups in total. The molecule has 0 aromatic rings. The molecule has 0 aliphatic carbocycles. The van der Waals surface area contributed by atoms with E-state index < -0.39 is 0 Å². The Labute approximate surface area is 77.1 Å². The van der Waals surface area contributed by atoms with Gasteiger partial charge in [0.2, 0.25) is 0 Å². The van der Waals surface area contributed by atoms with Crippen molar-refractivity contribution in [2.24, 2.45) is 5.41 Å². The van der Waals surface area contributed by atoms with E-state index in [1.807, 2.05) is 0 Å². The summed E-state index contributed by atoms with van der Waals surface area (Å²) in [5.74, 6) is 0. The Bertz CT molecular complexity index is 129. The van der Waals surface area contributed by atoms with Crippen LogP contribution in [0.25, 0.3) is 0 Å². The smallest absolute Gasteiger partial charge is 0.00138 e. The minimum Gasteiger partial charge on any atom is -0.304 e. The zero-order chi connectivity index (χ0) is 9.03. The van der Waals surface area contributed by atoms with Gasteiger partial charge in [-0.1, -0.05) is 27.2 Å². The lowest BCUT2D eigenvalue weighted by atomic mass is 9.82. The van der Waals surface area contributed by atoms with Gasteiger partial charge in [-0.3, -0.25) is 0 Å². The molecule has 0 saturated carbocycles. The average molecular weight is 169 g/mol. The SMILES string of the molecule is CCN1CCCCC(C)(C)CC1. The lowest BCUT2D eigenvalue weighted by Gasteiger charge is -2.32. The Hall–Kier alpha value is -0.0400. The number of hydrogen-bond donors (Lipinski definition) is 0. The van der Waals surface area contributed by atoms with Crippen LogP contribution in [0.2, 0.25) is 0 Å². The van der Waals surface area contributed by atoms with Gasteiger partial charge in [0.05, 0.1) is 0 Å². The van der Waals surface area contributed by atoms with E-state index in [0.29, 0.717) is 5.41 Å². The van der Waals surface area contributed by atoms with Crippen molar-refractivity contribution >= 4 is 0 Å². The summed E-state index contributed by atoms with van der Waals surface area (Å²) in [5, 5.41) is 0. The Kier molecular flexibility index (Phi) is 3.57. The lowest BCUT2D eigenvalue weighted by molar-refractivity contribution is 0.183. The Morgan fingerprint density at radius 3 is 2.50 bits per heavy atom. The minimum atomic E-state index is 0.591. The van der Waals surface area contributed by atoms with Crippen LogP contribution in [-0.4, -0.2) is 24.5 Å². The van der Waals surface area contributed by atoms with Crippen molar-refractivity contribution in [2.45, 2.75) is 46.5 Å². The first-order valence-corrected chi connectivity index (χ1v) is 5.36. The predicted octanol–water partition coefficient (Wildman–Crippen LogP) is 2.91. The summed E-state index contributed by atoms with van der Waals surface area (Å²) in [5.41, 5.74) is 0.591. The maximum atomic E-state index is 2.58. The molecule has 12 heavy (non-hydrogen) atoms. The molecule has 1 nitrogen and oxygen atoms in total. The van der Waals surface area contributed by atoms with Crippen LogP contribution in [0, 0.1) is 5.41 Å². The highest BCUT2D eigenvalue weighted by Crippen LogP contribution is 2.29. The van der Waals surface area contributed by atoms with Crippen LogP contribution < -0.4 is 0 Å². The topological polar surface area (TPSA) is 3.24 Å². The number of rotatable bonds is 1. The standard InChI is InChI=1S/C11H23N/c1-4-12-9-6-5-7-11(2,3)8-10-12/h4-10H2,1-3H3. The van der Waals surface area contributed by atoms with Crippen LogP contribution in [0.1, 0.15) is 46.5 Å². The second kappa shape index (κ2) is 4.27. The van der Waals surface area contributed by atoms with E-state index >= 15 is 0 Å². The monoisotopic (exact) mass is 169 g/mol. The summed E-state index contributed by atoms with van der Waals surface area (Å²) in [7, 11) is 0. The van der Waals surface area contributed by atoms with Gasteiger partial charge in [0.1, 0.15) is 0 Å². The minimum absolute atomic E-state index is 0.591. The van der Waals surface area contributed by atoms with Gasteiger partial charge in [-0.25, -0.2) is 0 Å². The van der Waals surface area contributed by atoms with E-state index in [1.54, 1.807) is 0 Å². The van der Waals surface area contributed by atoms with Crippen molar-refractivity contribution in [3.05, 3.63) is 0 Å². The van der Waals surface area contributed by atoms with Crippen molar-refractivity contribution in [1.29, 1.82) is 0 Å². The van der Waals surface area contributed by atoms with Crippen LogP contribution >= 0.6 is 0 Å². The van der Waals surface area contributed by atoms with E-state index in [1.165, 1.54) is 45.3 Å². The van der Waals surface area contributed by atoms with E-state index in [4.69, 9.17) is 0 Å². The molecule has 1 heterocycles. The van der Waals surface area contributed by atoms with Crippen molar-refractivity contribution in [3.8, 4) is 0 Å². The molecule has 1 rings (SSSR count). The van der Waals surface area contributed by atoms with Gasteiger partial charge in [-0.15, -0.1) is 0 Å². The van der Waals surface area contributed by atoms with Crippen molar-refractivity contribution in [1.82, 2.24) is 4.90 Å². The van der Waals surface area contributed by atoms with E-state index in [2.05, 4.69) is 25.7 Å². The van der Waals surface area contributed by atoms with Gasteiger partial charge >= 0.3 is 0 Å². The predicted molar refractivity (Wildman–Crippen MR) is 54.4 cm³/mol. The second-order valence-electron chi connectivity index (χ2n) is 4.81. The van der Waals surface area contributed by atoms with E-state index in [9.17, 15) is 0 Å². The summed E-state index contributed by atoms with van der Waals surface area (Å²) in [4.78, 5) is 2.58. The van der Waals surface area contributed by atoms with Gasteiger partial charge in [0.25, 0.3) is 0 Å². The molecule has 0 aromatic heterocycles. The first-order valence-electron chi connectivity index (χ1n) is 5.36. The largest absolute Gasteiger partial charge is 0.304 e. The first-order chi connectivity index (χ1) is 5.64. The maximum Gasteiger partial charge on any atom is -0.00138 e. The third kappa shape index (κ3) is 3.14. The van der Waals surface area contributed by atoms with Gasteiger partial charge in [-0.2, -0.15) is 0 Å². The van der Waals surface area contributed by atoms with Crippen molar-refractivity contribution in [3.63, 3.8) is 0 Å². The van der Waals surface area contributed by atoms with Crippen LogP contribution in [0.5, 0.6) is 0 Å². The molecule has 1 saturated heterocycles. The number of nitrogens with zero attached hydrogens (tertiary/aromatic N) is 1. The molecular formula is C11H23N. The molecule has 72 valence electrons. The third-order valence-electron chi connectivity index (χ3n) is 3.13. The van der Waals surface area contributed by atoms with Crippen LogP contribution in [0.3, 0.4) is 0 Å². The molecule has 0 spiro atoms. The molecule has 0 bridgehead atoms. The van der Waals surface area contributed by atoms with Crippen molar-refractivity contribution in [2.75, 3.05) is 19.6 Å². The van der Waals surface area contributed by atoms with Gasteiger partial charge < -0.3 is 4.90 Å². The molecule has 0 radical (unpaired) electrons. The Balaban J connectivity index is 2.39. The second-order valence-corrected chi connectivity index (χ2v) is 4.81. The highest BCUT2D eigenvalue weighted by Gasteiger charge is 2.20. The zero-order valence-corrected chi connectivity index (χ0v) is 8.90. The zero-order valence-electron chi connectivity index (χ0n) is 8.90. The summed E-state index contributed by atoms with van der Waals surface area (Å²) < 4.78 is 0. The average Bonchev–Trinajstić information content (AvgIpc) is 2.00. The summed E-state index contributed by atoms with van der Waals surface area (Å²) in [6, 6.07) is 0. The summed E-state index contributed by atoms with van der Waals surface area (Å²) >= 11 is 0. The number of hydrogen-bond acceptors (Lipinski definition) is 1. The molecule has 1 aliphatic heterocycles. The van der Waals surface area contributed by atoms with E-state index in [-0.39, 0.29) is 0 Å².